The molecule has 0 radical (unpaired) electrons. The van der Waals surface area contributed by atoms with Gasteiger partial charge < -0.3 is 15.0 Å². The second-order valence-corrected chi connectivity index (χ2v) is 4.26. The van der Waals surface area contributed by atoms with E-state index in [4.69, 9.17) is 4.74 Å². The average molecular weight is 212 g/mol. The molecule has 0 bridgehead atoms. The van der Waals surface area contributed by atoms with Gasteiger partial charge >= 0.3 is 0 Å². The molecule has 2 atom stereocenters. The van der Waals surface area contributed by atoms with Crippen molar-refractivity contribution in [2.45, 2.75) is 25.9 Å². The molecule has 1 aliphatic carbocycles. The van der Waals surface area contributed by atoms with Crippen molar-refractivity contribution in [2.75, 3.05) is 32.8 Å². The minimum Gasteiger partial charge on any atom is -0.378 e. The standard InChI is InChI=1S/C11H20N2O2/c1-2-15-10-8-9(10)11(14)13-6-3-4-12-5-7-13/h9-10,12H,2-8H2,1H3. The molecule has 1 amide bonds. The topological polar surface area (TPSA) is 41.6 Å². The van der Waals surface area contributed by atoms with Crippen molar-refractivity contribution in [1.82, 2.24) is 10.2 Å². The largest absolute Gasteiger partial charge is 0.378 e. The molecule has 15 heavy (non-hydrogen) atoms. The molecule has 0 spiro atoms. The number of rotatable bonds is 3. The van der Waals surface area contributed by atoms with E-state index in [1.54, 1.807) is 0 Å². The summed E-state index contributed by atoms with van der Waals surface area (Å²) in [5, 5.41) is 3.30. The van der Waals surface area contributed by atoms with E-state index in [-0.39, 0.29) is 12.0 Å². The molecule has 1 heterocycles. The monoisotopic (exact) mass is 212 g/mol. The highest BCUT2D eigenvalue weighted by atomic mass is 16.5. The summed E-state index contributed by atoms with van der Waals surface area (Å²) in [4.78, 5) is 14.0. The van der Waals surface area contributed by atoms with Crippen LogP contribution in [0.4, 0.5) is 0 Å². The van der Waals surface area contributed by atoms with Gasteiger partial charge in [0.2, 0.25) is 5.91 Å². The Bertz CT molecular complexity index is 225. The zero-order valence-electron chi connectivity index (χ0n) is 9.37. The van der Waals surface area contributed by atoms with Crippen molar-refractivity contribution in [3.8, 4) is 0 Å². The second kappa shape index (κ2) is 4.94. The van der Waals surface area contributed by atoms with Crippen LogP contribution in [-0.2, 0) is 9.53 Å². The lowest BCUT2D eigenvalue weighted by Gasteiger charge is -2.19. The first-order valence-corrected chi connectivity index (χ1v) is 5.94. The first kappa shape index (κ1) is 10.9. The fraction of sp³-hybridized carbons (Fsp3) is 0.909. The SMILES string of the molecule is CCOC1CC1C(=O)N1CCCNCC1. The highest BCUT2D eigenvalue weighted by Gasteiger charge is 2.45. The van der Waals surface area contributed by atoms with Crippen LogP contribution in [0.2, 0.25) is 0 Å². The maximum Gasteiger partial charge on any atom is 0.228 e. The van der Waals surface area contributed by atoms with Crippen molar-refractivity contribution in [3.63, 3.8) is 0 Å². The van der Waals surface area contributed by atoms with Crippen LogP contribution in [0.25, 0.3) is 0 Å². The summed E-state index contributed by atoms with van der Waals surface area (Å²) in [5.74, 6) is 0.459. The Morgan fingerprint density at radius 3 is 3.13 bits per heavy atom. The van der Waals surface area contributed by atoms with Crippen LogP contribution >= 0.6 is 0 Å². The third-order valence-electron chi connectivity index (χ3n) is 3.08. The Labute approximate surface area is 91.0 Å². The molecule has 1 saturated heterocycles. The van der Waals surface area contributed by atoms with Gasteiger partial charge in [0.1, 0.15) is 0 Å². The number of amides is 1. The average Bonchev–Trinajstić information content (AvgIpc) is 2.99. The van der Waals surface area contributed by atoms with E-state index in [1.165, 1.54) is 0 Å². The van der Waals surface area contributed by atoms with Crippen LogP contribution < -0.4 is 5.32 Å². The fourth-order valence-electron chi connectivity index (χ4n) is 2.13. The van der Waals surface area contributed by atoms with Crippen molar-refractivity contribution in [2.24, 2.45) is 5.92 Å². The quantitative estimate of drug-likeness (QED) is 0.728. The molecule has 1 saturated carbocycles. The Balaban J connectivity index is 1.80. The molecular weight excluding hydrogens is 192 g/mol. The van der Waals surface area contributed by atoms with E-state index in [1.807, 2.05) is 11.8 Å². The first-order chi connectivity index (χ1) is 7.33. The van der Waals surface area contributed by atoms with E-state index in [0.717, 1.165) is 45.6 Å². The third-order valence-corrected chi connectivity index (χ3v) is 3.08. The number of carbonyl (C=O) groups is 1. The summed E-state index contributed by atoms with van der Waals surface area (Å²) >= 11 is 0. The van der Waals surface area contributed by atoms with Crippen LogP contribution in [0.1, 0.15) is 19.8 Å². The van der Waals surface area contributed by atoms with E-state index in [0.29, 0.717) is 5.91 Å². The lowest BCUT2D eigenvalue weighted by Crippen LogP contribution is -2.36. The van der Waals surface area contributed by atoms with Gasteiger partial charge in [-0.2, -0.15) is 0 Å². The van der Waals surface area contributed by atoms with Gasteiger partial charge in [-0.05, 0) is 26.3 Å². The highest BCUT2D eigenvalue weighted by Crippen LogP contribution is 2.35. The molecular formula is C11H20N2O2. The summed E-state index contributed by atoms with van der Waals surface area (Å²) in [5.41, 5.74) is 0. The maximum atomic E-state index is 12.0. The number of ether oxygens (including phenoxy) is 1. The van der Waals surface area contributed by atoms with Crippen molar-refractivity contribution in [1.29, 1.82) is 0 Å². The summed E-state index contributed by atoms with van der Waals surface area (Å²) in [6.45, 7) is 6.42. The first-order valence-electron chi connectivity index (χ1n) is 5.94. The van der Waals surface area contributed by atoms with Gasteiger partial charge in [0.15, 0.2) is 0 Å². The van der Waals surface area contributed by atoms with Gasteiger partial charge in [0, 0.05) is 26.2 Å². The molecule has 1 aliphatic heterocycles. The minimum atomic E-state index is 0.156. The molecule has 0 aromatic heterocycles. The zero-order chi connectivity index (χ0) is 10.7. The molecule has 0 aromatic carbocycles. The summed E-state index contributed by atoms with van der Waals surface area (Å²) in [6.07, 6.45) is 2.20. The van der Waals surface area contributed by atoms with Gasteiger partial charge in [0.05, 0.1) is 12.0 Å². The molecule has 86 valence electrons. The third kappa shape index (κ3) is 2.69. The van der Waals surface area contributed by atoms with Crippen LogP contribution in [-0.4, -0.2) is 49.7 Å². The molecule has 4 heteroatoms. The molecule has 0 aromatic rings. The van der Waals surface area contributed by atoms with Crippen molar-refractivity contribution < 1.29 is 9.53 Å². The predicted octanol–water partition coefficient (Wildman–Crippen LogP) is 0.233. The number of carbonyl (C=O) groups excluding carboxylic acids is 1. The molecule has 2 rings (SSSR count). The van der Waals surface area contributed by atoms with Gasteiger partial charge in [-0.1, -0.05) is 0 Å². The van der Waals surface area contributed by atoms with Gasteiger partial charge in [-0.25, -0.2) is 0 Å². The fourth-order valence-corrected chi connectivity index (χ4v) is 2.13. The minimum absolute atomic E-state index is 0.156. The smallest absolute Gasteiger partial charge is 0.228 e. The maximum absolute atomic E-state index is 12.0. The molecule has 1 N–H and O–H groups in total. The van der Waals surface area contributed by atoms with E-state index in [2.05, 4.69) is 5.32 Å². The summed E-state index contributed by atoms with van der Waals surface area (Å²) < 4.78 is 5.45. The Morgan fingerprint density at radius 1 is 1.47 bits per heavy atom. The van der Waals surface area contributed by atoms with E-state index in [9.17, 15) is 4.79 Å². The Hall–Kier alpha value is -0.610. The van der Waals surface area contributed by atoms with Gasteiger partial charge in [-0.3, -0.25) is 4.79 Å². The highest BCUT2D eigenvalue weighted by molar-refractivity contribution is 5.82. The summed E-state index contributed by atoms with van der Waals surface area (Å²) in [6, 6.07) is 0. The molecule has 2 unspecified atom stereocenters. The molecule has 2 fully saturated rings. The Morgan fingerprint density at radius 2 is 2.33 bits per heavy atom. The van der Waals surface area contributed by atoms with Crippen molar-refractivity contribution >= 4 is 5.91 Å². The van der Waals surface area contributed by atoms with E-state index >= 15 is 0 Å². The van der Waals surface area contributed by atoms with Crippen LogP contribution in [0.15, 0.2) is 0 Å². The number of hydrogen-bond acceptors (Lipinski definition) is 3. The van der Waals surface area contributed by atoms with Gasteiger partial charge in [-0.15, -0.1) is 0 Å². The van der Waals surface area contributed by atoms with E-state index < -0.39 is 0 Å². The zero-order valence-corrected chi connectivity index (χ0v) is 9.37. The number of nitrogens with one attached hydrogen (secondary N) is 1. The van der Waals surface area contributed by atoms with Crippen LogP contribution in [0.3, 0.4) is 0 Å². The lowest BCUT2D eigenvalue weighted by molar-refractivity contribution is -0.133. The number of nitrogens with zero attached hydrogens (tertiary/aromatic N) is 1. The van der Waals surface area contributed by atoms with Crippen LogP contribution in [0.5, 0.6) is 0 Å². The second-order valence-electron chi connectivity index (χ2n) is 4.26. The van der Waals surface area contributed by atoms with Crippen LogP contribution in [0, 0.1) is 5.92 Å². The van der Waals surface area contributed by atoms with Crippen molar-refractivity contribution in [3.05, 3.63) is 0 Å². The lowest BCUT2D eigenvalue weighted by atomic mass is 10.3. The predicted molar refractivity (Wildman–Crippen MR) is 57.6 cm³/mol. The normalized spacial score (nSPS) is 31.1. The van der Waals surface area contributed by atoms with Gasteiger partial charge in [0.25, 0.3) is 0 Å². The molecule has 2 aliphatic rings. The summed E-state index contributed by atoms with van der Waals surface area (Å²) in [7, 11) is 0. The molecule has 4 nitrogen and oxygen atoms in total. The Kier molecular flexibility index (Phi) is 3.59. The number of hydrogen-bond donors (Lipinski definition) is 1.